The van der Waals surface area contributed by atoms with E-state index in [2.05, 4.69) is 5.32 Å². The second kappa shape index (κ2) is 5.59. The molecule has 0 heterocycles. The summed E-state index contributed by atoms with van der Waals surface area (Å²) in [5.41, 5.74) is -0.155. The maximum absolute atomic E-state index is 11.6. The van der Waals surface area contributed by atoms with Gasteiger partial charge in [0.15, 0.2) is 5.78 Å². The van der Waals surface area contributed by atoms with Crippen LogP contribution in [0, 0.1) is 10.1 Å². The minimum atomic E-state index is -0.767. The fourth-order valence-electron chi connectivity index (χ4n) is 1.36. The van der Waals surface area contributed by atoms with Crippen molar-refractivity contribution in [3.8, 4) is 0 Å². The summed E-state index contributed by atoms with van der Waals surface area (Å²) in [4.78, 5) is 32.7. The number of benzene rings is 1. The number of nitrogens with one attached hydrogen (secondary N) is 1. The van der Waals surface area contributed by atoms with E-state index in [1.54, 1.807) is 0 Å². The Kier molecular flexibility index (Phi) is 4.38. The van der Waals surface area contributed by atoms with Gasteiger partial charge in [-0.05, 0) is 19.1 Å². The van der Waals surface area contributed by atoms with E-state index in [4.69, 9.17) is 11.6 Å². The molecule has 1 aromatic rings. The number of nitro benzene ring substituents is 1. The number of rotatable bonds is 4. The first kappa shape index (κ1) is 14.1. The number of halogens is 1. The molecule has 0 aliphatic heterocycles. The molecule has 0 radical (unpaired) electrons. The number of Topliss-reactive ketones (excluding diaryl/α,β-unsaturated/α-hetero) is 1. The molecule has 1 atom stereocenters. The topological polar surface area (TPSA) is 89.3 Å². The zero-order valence-corrected chi connectivity index (χ0v) is 10.5. The minimum absolute atomic E-state index is 0.0475. The highest BCUT2D eigenvalue weighted by Crippen LogP contribution is 2.26. The van der Waals surface area contributed by atoms with Gasteiger partial charge in [-0.3, -0.25) is 19.7 Å². The van der Waals surface area contributed by atoms with Crippen molar-refractivity contribution < 1.29 is 14.5 Å². The number of amides is 1. The van der Waals surface area contributed by atoms with Crippen molar-refractivity contribution in [3.63, 3.8) is 0 Å². The standard InChI is InChI=1S/C11H11ClN2O4/c1-6(12)11(16)8-3-4-9(13-7(2)15)10(5-8)14(17)18/h3-6H,1-2H3,(H,13,15). The monoisotopic (exact) mass is 270 g/mol. The number of alkyl halides is 1. The zero-order valence-electron chi connectivity index (χ0n) is 9.77. The van der Waals surface area contributed by atoms with E-state index in [1.807, 2.05) is 0 Å². The van der Waals surface area contributed by atoms with Crippen LogP contribution in [0.4, 0.5) is 11.4 Å². The van der Waals surface area contributed by atoms with Gasteiger partial charge >= 0.3 is 0 Å². The van der Waals surface area contributed by atoms with Crippen molar-refractivity contribution >= 4 is 34.7 Å². The number of carbonyl (C=O) groups is 2. The largest absolute Gasteiger partial charge is 0.321 e. The van der Waals surface area contributed by atoms with Crippen molar-refractivity contribution in [3.05, 3.63) is 33.9 Å². The number of anilines is 1. The first-order valence-corrected chi connectivity index (χ1v) is 5.51. The number of nitro groups is 1. The molecule has 7 heteroatoms. The molecule has 0 fully saturated rings. The van der Waals surface area contributed by atoms with Gasteiger partial charge in [-0.2, -0.15) is 0 Å². The smallest absolute Gasteiger partial charge is 0.293 e. The fraction of sp³-hybridized carbons (Fsp3) is 0.273. The van der Waals surface area contributed by atoms with Crippen LogP contribution in [0.15, 0.2) is 18.2 Å². The molecule has 96 valence electrons. The molecule has 1 unspecified atom stereocenters. The van der Waals surface area contributed by atoms with Crippen LogP contribution < -0.4 is 5.32 Å². The molecule has 0 saturated heterocycles. The Hall–Kier alpha value is -1.95. The van der Waals surface area contributed by atoms with Gasteiger partial charge in [0.05, 0.1) is 10.3 Å². The van der Waals surface area contributed by atoms with E-state index in [-0.39, 0.29) is 16.9 Å². The van der Waals surface area contributed by atoms with Crippen LogP contribution in [0.5, 0.6) is 0 Å². The summed E-state index contributed by atoms with van der Waals surface area (Å²) in [5.74, 6) is -0.836. The quantitative estimate of drug-likeness (QED) is 0.394. The maximum atomic E-state index is 11.6. The summed E-state index contributed by atoms with van der Waals surface area (Å²) in [6.07, 6.45) is 0. The highest BCUT2D eigenvalue weighted by molar-refractivity contribution is 6.33. The molecule has 18 heavy (non-hydrogen) atoms. The van der Waals surface area contributed by atoms with Crippen LogP contribution in [0.25, 0.3) is 0 Å². The Morgan fingerprint density at radius 2 is 2.06 bits per heavy atom. The number of hydrogen-bond donors (Lipinski definition) is 1. The van der Waals surface area contributed by atoms with Crippen LogP contribution in [0.1, 0.15) is 24.2 Å². The van der Waals surface area contributed by atoms with E-state index < -0.39 is 22.0 Å². The highest BCUT2D eigenvalue weighted by atomic mass is 35.5. The first-order valence-electron chi connectivity index (χ1n) is 5.07. The number of ketones is 1. The molecule has 0 aliphatic rings. The molecule has 0 aliphatic carbocycles. The average molecular weight is 271 g/mol. The first-order chi connectivity index (χ1) is 8.32. The third-order valence-electron chi connectivity index (χ3n) is 2.15. The number of hydrogen-bond acceptors (Lipinski definition) is 4. The lowest BCUT2D eigenvalue weighted by atomic mass is 10.1. The normalized spacial score (nSPS) is 11.7. The zero-order chi connectivity index (χ0) is 13.9. The van der Waals surface area contributed by atoms with Gasteiger partial charge in [-0.1, -0.05) is 0 Å². The summed E-state index contributed by atoms with van der Waals surface area (Å²) in [7, 11) is 0. The predicted molar refractivity (Wildman–Crippen MR) is 67.0 cm³/mol. The molecule has 0 bridgehead atoms. The number of nitrogens with zero attached hydrogens (tertiary/aromatic N) is 1. The lowest BCUT2D eigenvalue weighted by molar-refractivity contribution is -0.384. The summed E-state index contributed by atoms with van der Waals surface area (Å²) in [5, 5.41) is 12.4. The molecule has 0 aromatic heterocycles. The molecule has 1 aromatic carbocycles. The molecule has 6 nitrogen and oxygen atoms in total. The van der Waals surface area contributed by atoms with E-state index in [0.29, 0.717) is 0 Å². The third-order valence-corrected chi connectivity index (χ3v) is 2.35. The van der Waals surface area contributed by atoms with Gasteiger partial charge < -0.3 is 5.32 Å². The fourth-order valence-corrected chi connectivity index (χ4v) is 1.49. The Bertz CT molecular complexity index is 514. The van der Waals surface area contributed by atoms with Crippen LogP contribution >= 0.6 is 11.6 Å². The lowest BCUT2D eigenvalue weighted by Gasteiger charge is -2.06. The summed E-state index contributed by atoms with van der Waals surface area (Å²) < 4.78 is 0. The van der Waals surface area contributed by atoms with E-state index in [1.165, 1.54) is 26.0 Å². The van der Waals surface area contributed by atoms with Gasteiger partial charge in [0, 0.05) is 18.6 Å². The van der Waals surface area contributed by atoms with Crippen molar-refractivity contribution in [1.29, 1.82) is 0 Å². The molecule has 1 amide bonds. The highest BCUT2D eigenvalue weighted by Gasteiger charge is 2.20. The minimum Gasteiger partial charge on any atom is -0.321 e. The second-order valence-corrected chi connectivity index (χ2v) is 4.31. The third kappa shape index (κ3) is 3.27. The van der Waals surface area contributed by atoms with Crippen molar-refractivity contribution in [2.45, 2.75) is 19.2 Å². The summed E-state index contributed by atoms with van der Waals surface area (Å²) >= 11 is 5.63. The van der Waals surface area contributed by atoms with E-state index >= 15 is 0 Å². The molecule has 1 rings (SSSR count). The van der Waals surface area contributed by atoms with Gasteiger partial charge in [-0.25, -0.2) is 0 Å². The molecule has 0 spiro atoms. The molecule has 1 N–H and O–H groups in total. The van der Waals surface area contributed by atoms with Crippen molar-refractivity contribution in [1.82, 2.24) is 0 Å². The van der Waals surface area contributed by atoms with Crippen molar-refractivity contribution in [2.24, 2.45) is 0 Å². The van der Waals surface area contributed by atoms with Gasteiger partial charge in [0.1, 0.15) is 5.69 Å². The predicted octanol–water partition coefficient (Wildman–Crippen LogP) is 2.36. The molecular weight excluding hydrogens is 260 g/mol. The SMILES string of the molecule is CC(=O)Nc1ccc(C(=O)C(C)Cl)cc1[N+](=O)[O-]. The van der Waals surface area contributed by atoms with Gasteiger partial charge in [0.2, 0.25) is 5.91 Å². The molecule has 0 saturated carbocycles. The van der Waals surface area contributed by atoms with Crippen LogP contribution in [0.2, 0.25) is 0 Å². The van der Waals surface area contributed by atoms with Crippen molar-refractivity contribution in [2.75, 3.05) is 5.32 Å². The summed E-state index contributed by atoms with van der Waals surface area (Å²) in [6, 6.07) is 3.80. The van der Waals surface area contributed by atoms with E-state index in [0.717, 1.165) is 6.07 Å². The summed E-state index contributed by atoms with van der Waals surface area (Å²) in [6.45, 7) is 2.72. The average Bonchev–Trinajstić information content (AvgIpc) is 2.27. The van der Waals surface area contributed by atoms with Crippen LogP contribution in [-0.2, 0) is 4.79 Å². The Balaban J connectivity index is 3.23. The Labute approximate surface area is 108 Å². The Morgan fingerprint density at radius 1 is 1.44 bits per heavy atom. The number of carbonyl (C=O) groups excluding carboxylic acids is 2. The maximum Gasteiger partial charge on any atom is 0.293 e. The van der Waals surface area contributed by atoms with E-state index in [9.17, 15) is 19.7 Å². The second-order valence-electron chi connectivity index (χ2n) is 3.65. The van der Waals surface area contributed by atoms with Crippen LogP contribution in [0.3, 0.4) is 0 Å². The molecular formula is C11H11ClN2O4. The lowest BCUT2D eigenvalue weighted by Crippen LogP contribution is -2.12. The van der Waals surface area contributed by atoms with Crippen LogP contribution in [-0.4, -0.2) is 22.0 Å². The van der Waals surface area contributed by atoms with Gasteiger partial charge in [0.25, 0.3) is 5.69 Å². The van der Waals surface area contributed by atoms with Gasteiger partial charge in [-0.15, -0.1) is 11.6 Å². The Morgan fingerprint density at radius 3 is 2.50 bits per heavy atom.